The van der Waals surface area contributed by atoms with E-state index in [0.29, 0.717) is 0 Å². The molecule has 2 nitrogen and oxygen atoms in total. The van der Waals surface area contributed by atoms with E-state index in [1.807, 2.05) is 22.7 Å². The van der Waals surface area contributed by atoms with Crippen molar-refractivity contribution in [3.8, 4) is 55.6 Å². The Morgan fingerprint density at radius 2 is 0.587 bits per heavy atom. The summed E-state index contributed by atoms with van der Waals surface area (Å²) in [5.74, 6) is 0. The predicted octanol–water partition coefficient (Wildman–Crippen LogP) is 26.3. The molecule has 0 aliphatic carbocycles. The van der Waals surface area contributed by atoms with Gasteiger partial charge in [0.15, 0.2) is 0 Å². The van der Waals surface area contributed by atoms with Crippen LogP contribution in [0.15, 0.2) is 340 Å². The summed E-state index contributed by atoms with van der Waals surface area (Å²) in [6.45, 7) is 0. The minimum absolute atomic E-state index is 1.09. The third-order valence-electron chi connectivity index (χ3n) is 18.7. The van der Waals surface area contributed by atoms with Crippen LogP contribution in [0.5, 0.6) is 0 Å². The summed E-state index contributed by atoms with van der Waals surface area (Å²) in [7, 11) is 0. The lowest BCUT2D eigenvalue weighted by molar-refractivity contribution is 1.30. The van der Waals surface area contributed by atoms with E-state index < -0.39 is 0 Å². The summed E-state index contributed by atoms with van der Waals surface area (Å²) < 4.78 is 5.15. The van der Waals surface area contributed by atoms with Gasteiger partial charge >= 0.3 is 0 Å². The van der Waals surface area contributed by atoms with Crippen molar-refractivity contribution in [2.75, 3.05) is 9.80 Å². The van der Waals surface area contributed by atoms with Crippen LogP contribution in [0.3, 0.4) is 0 Å². The second-order valence-corrected chi connectivity index (χ2v) is 26.0. The van der Waals surface area contributed by atoms with Gasteiger partial charge in [-0.1, -0.05) is 249 Å². The van der Waals surface area contributed by atoms with E-state index in [-0.39, 0.29) is 0 Å². The monoisotopic (exact) mass is 1200 g/mol. The lowest BCUT2D eigenvalue weighted by Crippen LogP contribution is -2.10. The molecule has 0 amide bonds. The summed E-state index contributed by atoms with van der Waals surface area (Å²) in [6.07, 6.45) is 0. The van der Waals surface area contributed by atoms with E-state index in [2.05, 4.69) is 350 Å². The van der Waals surface area contributed by atoms with Gasteiger partial charge in [0.25, 0.3) is 0 Å². The highest BCUT2D eigenvalue weighted by Gasteiger charge is 2.23. The summed E-state index contributed by atoms with van der Waals surface area (Å²) in [5, 5.41) is 14.8. The Bertz CT molecular complexity index is 5900. The summed E-state index contributed by atoms with van der Waals surface area (Å²) in [4.78, 5) is 4.92. The van der Waals surface area contributed by atoms with Gasteiger partial charge in [0.05, 0.1) is 17.1 Å². The molecule has 92 heavy (non-hydrogen) atoms. The first kappa shape index (κ1) is 53.6. The van der Waals surface area contributed by atoms with Gasteiger partial charge in [-0.05, 0) is 179 Å². The molecule has 430 valence electrons. The average molecular weight is 1210 g/mol. The zero-order valence-corrected chi connectivity index (χ0v) is 51.7. The topological polar surface area (TPSA) is 6.48 Å². The minimum atomic E-state index is 1.09. The molecule has 0 atom stereocenters. The molecular weight excluding hydrogens is 1150 g/mol. The van der Waals surface area contributed by atoms with Crippen molar-refractivity contribution in [2.24, 2.45) is 0 Å². The number of hydrogen-bond donors (Lipinski definition) is 0. The Kier molecular flexibility index (Phi) is 13.0. The third kappa shape index (κ3) is 9.14. The number of hydrogen-bond acceptors (Lipinski definition) is 4. The zero-order chi connectivity index (χ0) is 60.6. The van der Waals surface area contributed by atoms with E-state index in [9.17, 15) is 0 Å². The molecule has 0 fully saturated rings. The molecule has 0 aliphatic rings. The molecule has 18 rings (SSSR count). The zero-order valence-electron chi connectivity index (χ0n) is 50.0. The van der Waals surface area contributed by atoms with Gasteiger partial charge in [0.1, 0.15) is 0 Å². The van der Waals surface area contributed by atoms with Crippen molar-refractivity contribution in [3.05, 3.63) is 340 Å². The highest BCUT2D eigenvalue weighted by atomic mass is 32.1. The van der Waals surface area contributed by atoms with Crippen LogP contribution in [0.4, 0.5) is 34.1 Å². The normalized spacial score (nSPS) is 11.7. The summed E-state index contributed by atoms with van der Waals surface area (Å²) >= 11 is 3.71. The number of benzene rings is 16. The molecule has 4 heteroatoms. The molecule has 0 spiro atoms. The van der Waals surface area contributed by atoms with Crippen molar-refractivity contribution in [3.63, 3.8) is 0 Å². The van der Waals surface area contributed by atoms with Gasteiger partial charge in [-0.15, -0.1) is 22.7 Å². The molecule has 2 aromatic heterocycles. The average Bonchev–Trinajstić information content (AvgIpc) is 1.25. The minimum Gasteiger partial charge on any atom is -0.310 e. The van der Waals surface area contributed by atoms with Gasteiger partial charge < -0.3 is 9.80 Å². The first-order chi connectivity index (χ1) is 45.6. The highest BCUT2D eigenvalue weighted by Crippen LogP contribution is 2.49. The van der Waals surface area contributed by atoms with E-state index in [1.54, 1.807) is 0 Å². The maximum absolute atomic E-state index is 2.46. The van der Waals surface area contributed by atoms with Crippen LogP contribution >= 0.6 is 22.7 Å². The lowest BCUT2D eigenvalue weighted by atomic mass is 9.89. The Balaban J connectivity index is 0.712. The molecule has 0 radical (unpaired) electrons. The van der Waals surface area contributed by atoms with Crippen LogP contribution in [0, 0.1) is 0 Å². The standard InChI is InChI=1S/C88H56N2S2/c1-3-26-68-59(18-1)20-13-32-69(68)63-24-11-22-61(54-63)57-42-46-65(47-43-57)89(67-50-53-86-80(56-67)78-30-7-9-39-84(78)91-86)82-37-16-34-75-74(33-15-35-77(75)82)76-52-51-70(72-28-5-6-29-73(72)76)64-25-12-23-62(55-64)58-44-48-66(49-45-58)90(81-36-14-21-60-19-2-4-27-71(60)81)83-38-17-41-87-88(83)79-31-8-10-40-85(79)92-87/h1-56H. The number of fused-ring (bicyclic) bond motifs is 10. The second kappa shape index (κ2) is 22.3. The third-order valence-corrected chi connectivity index (χ3v) is 20.9. The van der Waals surface area contributed by atoms with E-state index >= 15 is 0 Å². The molecule has 0 saturated heterocycles. The maximum Gasteiger partial charge on any atom is 0.0555 e. The fourth-order valence-corrected chi connectivity index (χ4v) is 16.6. The van der Waals surface area contributed by atoms with Crippen molar-refractivity contribution >= 4 is 140 Å². The largest absolute Gasteiger partial charge is 0.310 e. The van der Waals surface area contributed by atoms with Crippen LogP contribution in [0.2, 0.25) is 0 Å². The van der Waals surface area contributed by atoms with E-state index in [4.69, 9.17) is 0 Å². The predicted molar refractivity (Wildman–Crippen MR) is 399 cm³/mol. The molecule has 0 N–H and O–H groups in total. The van der Waals surface area contributed by atoms with Gasteiger partial charge in [0, 0.05) is 68.2 Å². The van der Waals surface area contributed by atoms with Gasteiger partial charge in [0.2, 0.25) is 0 Å². The van der Waals surface area contributed by atoms with Gasteiger partial charge in [-0.3, -0.25) is 0 Å². The molecule has 0 saturated carbocycles. The smallest absolute Gasteiger partial charge is 0.0555 e. The Hall–Kier alpha value is -11.4. The summed E-state index contributed by atoms with van der Waals surface area (Å²) in [6, 6.07) is 126. The lowest BCUT2D eigenvalue weighted by Gasteiger charge is -2.28. The number of anilines is 6. The Labute approximate surface area is 541 Å². The van der Waals surface area contributed by atoms with E-state index in [1.165, 1.54) is 139 Å². The van der Waals surface area contributed by atoms with Crippen molar-refractivity contribution in [1.29, 1.82) is 0 Å². The van der Waals surface area contributed by atoms with Crippen LogP contribution in [-0.4, -0.2) is 0 Å². The molecule has 2 heterocycles. The Morgan fingerprint density at radius 3 is 1.32 bits per heavy atom. The van der Waals surface area contributed by atoms with Crippen molar-refractivity contribution in [2.45, 2.75) is 0 Å². The molecule has 0 aliphatic heterocycles. The maximum atomic E-state index is 2.46. The van der Waals surface area contributed by atoms with Gasteiger partial charge in [-0.2, -0.15) is 0 Å². The SMILES string of the molecule is c1cc(-c2ccc(N(c3ccc4sc5ccccc5c4c3)c3cccc4c(-c5ccc(-c6cccc(-c7ccc(N(c8cccc9ccccc89)c8cccc9sc%10ccccc%10c89)cc7)c6)c6ccccc56)cccc34)cc2)cc(-c2cccc3ccccc23)c1. The first-order valence-corrected chi connectivity index (χ1v) is 33.1. The summed E-state index contributed by atoms with van der Waals surface area (Å²) in [5.41, 5.74) is 18.7. The number of rotatable bonds is 11. The van der Waals surface area contributed by atoms with Crippen LogP contribution < -0.4 is 9.80 Å². The molecule has 16 aromatic carbocycles. The second-order valence-electron chi connectivity index (χ2n) is 23.9. The Morgan fingerprint density at radius 1 is 0.185 bits per heavy atom. The fraction of sp³-hybridized carbons (Fsp3) is 0. The quantitative estimate of drug-likeness (QED) is 0.127. The van der Waals surface area contributed by atoms with Crippen LogP contribution in [-0.2, 0) is 0 Å². The number of thiophene rings is 2. The van der Waals surface area contributed by atoms with Gasteiger partial charge in [-0.25, -0.2) is 0 Å². The molecule has 18 aromatic rings. The molecule has 0 unspecified atom stereocenters. The first-order valence-electron chi connectivity index (χ1n) is 31.4. The highest BCUT2D eigenvalue weighted by molar-refractivity contribution is 7.26. The van der Waals surface area contributed by atoms with E-state index in [0.717, 1.165) is 34.0 Å². The van der Waals surface area contributed by atoms with Crippen molar-refractivity contribution in [1.82, 2.24) is 0 Å². The number of nitrogens with zero attached hydrogens (tertiary/aromatic N) is 2. The van der Waals surface area contributed by atoms with Crippen molar-refractivity contribution < 1.29 is 0 Å². The molecular formula is C88H56N2S2. The van der Waals surface area contributed by atoms with Crippen LogP contribution in [0.1, 0.15) is 0 Å². The van der Waals surface area contributed by atoms with Crippen LogP contribution in [0.25, 0.3) is 139 Å². The molecule has 0 bridgehead atoms. The fourth-order valence-electron chi connectivity index (χ4n) is 14.4.